The zero-order chi connectivity index (χ0) is 26.0. The molecular formula is C23H18ClN3O8S. The lowest BCUT2D eigenvalue weighted by molar-refractivity contribution is -0.384. The summed E-state index contributed by atoms with van der Waals surface area (Å²) >= 11 is 7.44. The number of nitrogens with zero attached hydrogens (tertiary/aromatic N) is 2. The van der Waals surface area contributed by atoms with Crippen LogP contribution in [-0.4, -0.2) is 55.9 Å². The van der Waals surface area contributed by atoms with E-state index in [1.807, 2.05) is 0 Å². The fraction of sp³-hybridized carbons (Fsp3) is 0.217. The zero-order valence-corrected chi connectivity index (χ0v) is 19.9. The number of hydrogen-bond acceptors (Lipinski definition) is 8. The third kappa shape index (κ3) is 4.90. The monoisotopic (exact) mass is 531 g/mol. The van der Waals surface area contributed by atoms with Crippen LogP contribution in [0.4, 0.5) is 5.69 Å². The molecule has 13 heteroatoms. The summed E-state index contributed by atoms with van der Waals surface area (Å²) in [5.41, 5.74) is 0.490. The fourth-order valence-corrected chi connectivity index (χ4v) is 5.34. The van der Waals surface area contributed by atoms with Crippen molar-refractivity contribution in [3.8, 4) is 0 Å². The Morgan fingerprint density at radius 3 is 2.47 bits per heavy atom. The number of halogens is 1. The Morgan fingerprint density at radius 1 is 1.19 bits per heavy atom. The Bertz CT molecular complexity index is 1270. The van der Waals surface area contributed by atoms with E-state index in [2.05, 4.69) is 5.32 Å². The average Bonchev–Trinajstić information content (AvgIpc) is 2.86. The number of rotatable bonds is 8. The summed E-state index contributed by atoms with van der Waals surface area (Å²) in [4.78, 5) is 61.5. The first-order chi connectivity index (χ1) is 17.2. The van der Waals surface area contributed by atoms with Crippen molar-refractivity contribution in [2.45, 2.75) is 23.9 Å². The van der Waals surface area contributed by atoms with Gasteiger partial charge >= 0.3 is 11.9 Å². The minimum Gasteiger partial charge on any atom is -0.480 e. The quantitative estimate of drug-likeness (QED) is 0.171. The predicted octanol–water partition coefficient (Wildman–Crippen LogP) is 2.36. The zero-order valence-electron chi connectivity index (χ0n) is 18.3. The summed E-state index contributed by atoms with van der Waals surface area (Å²) in [6, 6.07) is 12.3. The van der Waals surface area contributed by atoms with Gasteiger partial charge in [-0.25, -0.2) is 4.79 Å². The van der Waals surface area contributed by atoms with Crippen molar-refractivity contribution < 1.29 is 33.9 Å². The highest BCUT2D eigenvalue weighted by Gasteiger charge is 2.55. The molecule has 2 aromatic rings. The number of nitro groups is 1. The maximum atomic E-state index is 12.9. The lowest BCUT2D eigenvalue weighted by Crippen LogP contribution is -2.70. The first kappa shape index (κ1) is 25.2. The Kier molecular flexibility index (Phi) is 7.27. The van der Waals surface area contributed by atoms with Gasteiger partial charge in [-0.3, -0.25) is 29.4 Å². The number of fused-ring (bicyclic) bond motifs is 1. The molecule has 36 heavy (non-hydrogen) atoms. The Balaban J connectivity index is 1.43. The number of carbonyl (C=O) groups excluding carboxylic acids is 3. The second-order valence-electron chi connectivity index (χ2n) is 7.83. The van der Waals surface area contributed by atoms with Crippen molar-refractivity contribution in [1.29, 1.82) is 0 Å². The number of carboxylic acid groups (broad SMARTS) is 1. The van der Waals surface area contributed by atoms with Gasteiger partial charge in [0.15, 0.2) is 5.92 Å². The molecule has 3 atom stereocenters. The van der Waals surface area contributed by atoms with E-state index in [-0.39, 0.29) is 34.3 Å². The van der Waals surface area contributed by atoms with Crippen molar-refractivity contribution in [2.75, 3.05) is 5.75 Å². The molecule has 0 spiro atoms. The van der Waals surface area contributed by atoms with E-state index in [1.165, 1.54) is 48.2 Å². The molecule has 0 saturated carbocycles. The van der Waals surface area contributed by atoms with Crippen molar-refractivity contribution in [3.63, 3.8) is 0 Å². The van der Waals surface area contributed by atoms with Crippen LogP contribution in [0.2, 0.25) is 0 Å². The minimum absolute atomic E-state index is 0.0933. The first-order valence-corrected chi connectivity index (χ1v) is 11.9. The topological polar surface area (TPSA) is 156 Å². The molecular weight excluding hydrogens is 514 g/mol. The molecule has 2 unspecified atom stereocenters. The minimum atomic E-state index is -1.51. The summed E-state index contributed by atoms with van der Waals surface area (Å²) in [5.74, 6) is -5.04. The lowest BCUT2D eigenvalue weighted by atomic mass is 9.96. The van der Waals surface area contributed by atoms with Crippen LogP contribution in [0, 0.1) is 10.1 Å². The van der Waals surface area contributed by atoms with Crippen molar-refractivity contribution >= 4 is 52.8 Å². The van der Waals surface area contributed by atoms with Crippen LogP contribution in [0.1, 0.15) is 17.0 Å². The summed E-state index contributed by atoms with van der Waals surface area (Å²) in [7, 11) is 0. The van der Waals surface area contributed by atoms with Crippen LogP contribution in [0.15, 0.2) is 65.3 Å². The molecule has 1 fully saturated rings. The van der Waals surface area contributed by atoms with Crippen LogP contribution < -0.4 is 5.32 Å². The van der Waals surface area contributed by atoms with Gasteiger partial charge in [0.1, 0.15) is 23.7 Å². The van der Waals surface area contributed by atoms with Crippen molar-refractivity contribution in [1.82, 2.24) is 10.2 Å². The number of nitrogens with one attached hydrogen (secondary N) is 1. The van der Waals surface area contributed by atoms with E-state index < -0.39 is 46.0 Å². The summed E-state index contributed by atoms with van der Waals surface area (Å²) in [6.07, 6.45) is 0. The van der Waals surface area contributed by atoms with Gasteiger partial charge in [0.2, 0.25) is 5.91 Å². The molecule has 2 aromatic carbocycles. The second kappa shape index (κ2) is 10.4. The van der Waals surface area contributed by atoms with E-state index in [0.717, 1.165) is 4.90 Å². The van der Waals surface area contributed by atoms with Crippen LogP contribution >= 0.6 is 23.4 Å². The number of thioether (sulfide) groups is 1. The molecule has 2 aliphatic rings. The largest absolute Gasteiger partial charge is 0.480 e. The van der Waals surface area contributed by atoms with Crippen LogP contribution in [-0.2, 0) is 30.5 Å². The molecule has 11 nitrogen and oxygen atoms in total. The number of carbonyl (C=O) groups is 4. The standard InChI is InChI=1S/C23H18ClN3O8S/c24-15-11-36-21-17(25-19(28)16(22(30)31)13-4-2-1-3-5-13)20(29)26(21)18(15)23(32)35-10-12-6-8-14(9-7-12)27(33)34/h1-9,16-17,21H,10-11H2,(H,25,28)(H,30,31)/t16?,17?,21-/m0/s1. The van der Waals surface area contributed by atoms with Gasteiger partial charge in [-0.2, -0.15) is 0 Å². The number of amides is 2. The normalized spacial score (nSPS) is 19.6. The molecule has 0 bridgehead atoms. The fourth-order valence-electron chi connectivity index (χ4n) is 3.79. The van der Waals surface area contributed by atoms with Gasteiger partial charge in [0.25, 0.3) is 11.6 Å². The van der Waals surface area contributed by atoms with Crippen molar-refractivity contribution in [3.05, 3.63) is 86.6 Å². The van der Waals surface area contributed by atoms with E-state index in [1.54, 1.807) is 18.2 Å². The number of ether oxygens (including phenoxy) is 1. The molecule has 0 aromatic heterocycles. The molecule has 0 aliphatic carbocycles. The second-order valence-corrected chi connectivity index (χ2v) is 9.39. The van der Waals surface area contributed by atoms with Gasteiger partial charge in [-0.1, -0.05) is 41.9 Å². The molecule has 186 valence electrons. The highest BCUT2D eigenvalue weighted by molar-refractivity contribution is 8.00. The van der Waals surface area contributed by atoms with Gasteiger partial charge in [0, 0.05) is 17.9 Å². The van der Waals surface area contributed by atoms with Gasteiger partial charge in [-0.05, 0) is 23.3 Å². The SMILES string of the molecule is O=C(OCc1ccc([N+](=O)[O-])cc1)C1=C(Cl)CS[C@H]2C(NC(=O)C(C(=O)O)c3ccccc3)C(=O)N12. The molecule has 2 heterocycles. The van der Waals surface area contributed by atoms with E-state index in [4.69, 9.17) is 16.3 Å². The Hall–Kier alpha value is -3.90. The number of non-ortho nitro benzene ring substituents is 1. The Morgan fingerprint density at radius 2 is 1.86 bits per heavy atom. The number of benzene rings is 2. The first-order valence-electron chi connectivity index (χ1n) is 10.5. The van der Waals surface area contributed by atoms with Crippen LogP contribution in [0.25, 0.3) is 0 Å². The molecule has 2 aliphatic heterocycles. The molecule has 1 saturated heterocycles. The van der Waals surface area contributed by atoms with E-state index >= 15 is 0 Å². The van der Waals surface area contributed by atoms with Crippen LogP contribution in [0.3, 0.4) is 0 Å². The van der Waals surface area contributed by atoms with Gasteiger partial charge < -0.3 is 15.2 Å². The highest BCUT2D eigenvalue weighted by atomic mass is 35.5. The number of esters is 1. The maximum Gasteiger partial charge on any atom is 0.356 e. The number of aliphatic carboxylic acids is 1. The highest BCUT2D eigenvalue weighted by Crippen LogP contribution is 2.42. The molecule has 4 rings (SSSR count). The third-order valence-corrected chi connectivity index (χ3v) is 7.32. The number of hydrogen-bond donors (Lipinski definition) is 2. The summed E-state index contributed by atoms with van der Waals surface area (Å²) in [5, 5.41) is 22.2. The van der Waals surface area contributed by atoms with Crippen LogP contribution in [0.5, 0.6) is 0 Å². The number of β-lactam (4-membered cyclic amide) rings is 1. The average molecular weight is 532 g/mol. The van der Waals surface area contributed by atoms with E-state index in [0.29, 0.717) is 5.56 Å². The summed E-state index contributed by atoms with van der Waals surface area (Å²) < 4.78 is 5.26. The summed E-state index contributed by atoms with van der Waals surface area (Å²) in [6.45, 7) is -0.206. The Labute approximate surface area is 213 Å². The smallest absolute Gasteiger partial charge is 0.356 e. The molecule has 2 N–H and O–H groups in total. The maximum absolute atomic E-state index is 12.9. The molecule has 2 amide bonds. The third-order valence-electron chi connectivity index (χ3n) is 5.57. The van der Waals surface area contributed by atoms with Crippen molar-refractivity contribution in [2.24, 2.45) is 0 Å². The van der Waals surface area contributed by atoms with Gasteiger partial charge in [-0.15, -0.1) is 11.8 Å². The van der Waals surface area contributed by atoms with Gasteiger partial charge in [0.05, 0.1) is 9.96 Å². The molecule has 0 radical (unpaired) electrons. The number of carboxylic acids is 1. The van der Waals surface area contributed by atoms with E-state index in [9.17, 15) is 34.4 Å². The number of nitro benzene ring substituents is 1. The predicted molar refractivity (Wildman–Crippen MR) is 128 cm³/mol. The lowest BCUT2D eigenvalue weighted by Gasteiger charge is -2.49.